The number of ether oxygens (including phenoxy) is 1. The summed E-state index contributed by atoms with van der Waals surface area (Å²) in [5.41, 5.74) is 4.47. The molecule has 2 heterocycles. The number of carbonyl (C=O) groups excluding carboxylic acids is 2. The first-order valence-corrected chi connectivity index (χ1v) is 7.04. The summed E-state index contributed by atoms with van der Waals surface area (Å²) in [6.45, 7) is 2.12. The Kier molecular flexibility index (Phi) is 3.56. The molecule has 0 aliphatic carbocycles. The number of rotatable bonds is 4. The predicted octanol–water partition coefficient (Wildman–Crippen LogP) is 1.89. The van der Waals surface area contributed by atoms with Gasteiger partial charge in [0.15, 0.2) is 5.69 Å². The zero-order valence-electron chi connectivity index (χ0n) is 11.8. The van der Waals surface area contributed by atoms with Crippen LogP contribution < -0.4 is 0 Å². The maximum Gasteiger partial charge on any atom is 0.358 e. The third-order valence-electron chi connectivity index (χ3n) is 3.76. The Hall–Kier alpha value is -2.43. The fourth-order valence-electron chi connectivity index (χ4n) is 2.85. The average Bonchev–Trinajstić information content (AvgIpc) is 2.92. The lowest BCUT2D eigenvalue weighted by atomic mass is 9.94. The van der Waals surface area contributed by atoms with Crippen LogP contribution in [0.1, 0.15) is 34.2 Å². The lowest BCUT2D eigenvalue weighted by molar-refractivity contribution is -0.107. The smallest absolute Gasteiger partial charge is 0.358 e. The lowest BCUT2D eigenvalue weighted by Gasteiger charge is -2.21. The molecule has 0 bridgehead atoms. The maximum absolute atomic E-state index is 11.9. The van der Waals surface area contributed by atoms with Gasteiger partial charge in [0.2, 0.25) is 0 Å². The highest BCUT2D eigenvalue weighted by molar-refractivity contribution is 5.89. The maximum atomic E-state index is 11.9. The lowest BCUT2D eigenvalue weighted by Crippen LogP contribution is -2.17. The molecule has 1 aromatic heterocycles. The van der Waals surface area contributed by atoms with Crippen molar-refractivity contribution in [3.05, 3.63) is 47.0 Å². The Labute approximate surface area is 122 Å². The molecule has 2 aromatic rings. The Bertz CT molecular complexity index is 704. The summed E-state index contributed by atoms with van der Waals surface area (Å²) in [4.78, 5) is 26.9. The fourth-order valence-corrected chi connectivity index (χ4v) is 2.85. The number of fused-ring (bicyclic) bond motifs is 3. The molecule has 0 spiro atoms. The minimum atomic E-state index is -0.376. The van der Waals surface area contributed by atoms with E-state index >= 15 is 0 Å². The summed E-state index contributed by atoms with van der Waals surface area (Å²) in [6.07, 6.45) is 4.51. The molecule has 1 aromatic carbocycles. The van der Waals surface area contributed by atoms with Gasteiger partial charge in [-0.15, -0.1) is 0 Å². The largest absolute Gasteiger partial charge is 0.461 e. The van der Waals surface area contributed by atoms with Crippen molar-refractivity contribution < 1.29 is 14.3 Å². The van der Waals surface area contributed by atoms with Crippen LogP contribution in [0.5, 0.6) is 0 Å². The van der Waals surface area contributed by atoms with Crippen LogP contribution in [-0.2, 0) is 28.8 Å². The predicted molar refractivity (Wildman–Crippen MR) is 76.7 cm³/mol. The summed E-state index contributed by atoms with van der Waals surface area (Å²) in [7, 11) is 0. The van der Waals surface area contributed by atoms with Crippen molar-refractivity contribution in [3.8, 4) is 5.69 Å². The number of esters is 1. The third kappa shape index (κ3) is 2.24. The number of aldehydes is 1. The molecule has 0 saturated carbocycles. The van der Waals surface area contributed by atoms with Crippen LogP contribution in [0.15, 0.2) is 24.5 Å². The van der Waals surface area contributed by atoms with Crippen molar-refractivity contribution in [1.82, 2.24) is 9.55 Å². The summed E-state index contributed by atoms with van der Waals surface area (Å²) in [6, 6.07) is 5.89. The van der Waals surface area contributed by atoms with Gasteiger partial charge in [0.25, 0.3) is 0 Å². The number of imidazole rings is 1. The first-order valence-electron chi connectivity index (χ1n) is 7.04. The van der Waals surface area contributed by atoms with E-state index in [4.69, 9.17) is 4.74 Å². The highest BCUT2D eigenvalue weighted by atomic mass is 16.5. The highest BCUT2D eigenvalue weighted by Crippen LogP contribution is 2.29. The monoisotopic (exact) mass is 284 g/mol. The molecule has 0 N–H and O–H groups in total. The van der Waals surface area contributed by atoms with E-state index in [-0.39, 0.29) is 5.97 Å². The average molecular weight is 284 g/mol. The topological polar surface area (TPSA) is 61.2 Å². The zero-order valence-corrected chi connectivity index (χ0v) is 11.8. The molecule has 108 valence electrons. The fraction of sp³-hybridized carbons (Fsp3) is 0.312. The summed E-state index contributed by atoms with van der Waals surface area (Å²) >= 11 is 0. The van der Waals surface area contributed by atoms with Gasteiger partial charge >= 0.3 is 5.97 Å². The minimum Gasteiger partial charge on any atom is -0.461 e. The van der Waals surface area contributed by atoms with Gasteiger partial charge in [-0.05, 0) is 37.0 Å². The van der Waals surface area contributed by atoms with E-state index in [9.17, 15) is 9.59 Å². The molecule has 21 heavy (non-hydrogen) atoms. The van der Waals surface area contributed by atoms with Gasteiger partial charge < -0.3 is 14.1 Å². The van der Waals surface area contributed by atoms with Crippen molar-refractivity contribution in [2.45, 2.75) is 26.2 Å². The van der Waals surface area contributed by atoms with E-state index < -0.39 is 0 Å². The molecule has 0 fully saturated rings. The SMILES string of the molecule is CCOC(=O)c1ncn2c1CCc1c(CC=O)cccc1-2. The summed E-state index contributed by atoms with van der Waals surface area (Å²) < 4.78 is 6.97. The third-order valence-corrected chi connectivity index (χ3v) is 3.76. The summed E-state index contributed by atoms with van der Waals surface area (Å²) in [5.74, 6) is -0.376. The standard InChI is InChI=1S/C16H16N2O3/c1-2-21-16(20)15-14-7-6-12-11(8-9-19)4-3-5-13(12)18(14)10-17-15/h3-5,9-10H,2,6-8H2,1H3. The number of hydrogen-bond acceptors (Lipinski definition) is 4. The Morgan fingerprint density at radius 3 is 3.05 bits per heavy atom. The van der Waals surface area contributed by atoms with Crippen molar-refractivity contribution in [2.24, 2.45) is 0 Å². The van der Waals surface area contributed by atoms with E-state index in [0.29, 0.717) is 18.7 Å². The minimum absolute atomic E-state index is 0.338. The van der Waals surface area contributed by atoms with Crippen LogP contribution in [0.4, 0.5) is 0 Å². The molecule has 5 nitrogen and oxygen atoms in total. The number of benzene rings is 1. The number of nitrogens with zero attached hydrogens (tertiary/aromatic N) is 2. The quantitative estimate of drug-likeness (QED) is 0.635. The number of hydrogen-bond donors (Lipinski definition) is 0. The molecular weight excluding hydrogens is 268 g/mol. The zero-order chi connectivity index (χ0) is 14.8. The van der Waals surface area contributed by atoms with Crippen LogP contribution in [-0.4, -0.2) is 28.4 Å². The molecule has 0 saturated heterocycles. The number of carbonyl (C=O) groups is 2. The van der Waals surface area contributed by atoms with Crippen molar-refractivity contribution in [3.63, 3.8) is 0 Å². The van der Waals surface area contributed by atoms with Gasteiger partial charge in [-0.3, -0.25) is 0 Å². The summed E-state index contributed by atoms with van der Waals surface area (Å²) in [5, 5.41) is 0. The van der Waals surface area contributed by atoms with E-state index in [0.717, 1.165) is 41.6 Å². The van der Waals surface area contributed by atoms with Gasteiger partial charge in [0.05, 0.1) is 18.0 Å². The molecule has 5 heteroatoms. The van der Waals surface area contributed by atoms with Gasteiger partial charge in [-0.25, -0.2) is 9.78 Å². The molecule has 3 rings (SSSR count). The van der Waals surface area contributed by atoms with Crippen LogP contribution in [0.3, 0.4) is 0 Å². The van der Waals surface area contributed by atoms with Crippen molar-refractivity contribution >= 4 is 12.3 Å². The second-order valence-electron chi connectivity index (χ2n) is 4.92. The second-order valence-corrected chi connectivity index (χ2v) is 4.92. The van der Waals surface area contributed by atoms with Crippen LogP contribution in [0.25, 0.3) is 5.69 Å². The van der Waals surface area contributed by atoms with Gasteiger partial charge in [0.1, 0.15) is 12.6 Å². The van der Waals surface area contributed by atoms with E-state index in [1.165, 1.54) is 0 Å². The van der Waals surface area contributed by atoms with Crippen LogP contribution in [0.2, 0.25) is 0 Å². The molecular formula is C16H16N2O3. The van der Waals surface area contributed by atoms with Gasteiger partial charge in [-0.2, -0.15) is 0 Å². The van der Waals surface area contributed by atoms with Crippen molar-refractivity contribution in [2.75, 3.05) is 6.61 Å². The second kappa shape index (κ2) is 5.52. The van der Waals surface area contributed by atoms with E-state index in [1.54, 1.807) is 13.3 Å². The molecule has 0 atom stereocenters. The van der Waals surface area contributed by atoms with E-state index in [1.807, 2.05) is 22.8 Å². The normalized spacial score (nSPS) is 12.4. The van der Waals surface area contributed by atoms with E-state index in [2.05, 4.69) is 4.98 Å². The first kappa shape index (κ1) is 13.5. The Balaban J connectivity index is 2.06. The molecule has 0 amide bonds. The Morgan fingerprint density at radius 2 is 2.29 bits per heavy atom. The Morgan fingerprint density at radius 1 is 1.43 bits per heavy atom. The number of aromatic nitrogens is 2. The first-order chi connectivity index (χ1) is 10.3. The van der Waals surface area contributed by atoms with Gasteiger partial charge in [-0.1, -0.05) is 12.1 Å². The highest BCUT2D eigenvalue weighted by Gasteiger charge is 2.25. The molecule has 0 unspecified atom stereocenters. The van der Waals surface area contributed by atoms with Crippen LogP contribution >= 0.6 is 0 Å². The van der Waals surface area contributed by atoms with Crippen molar-refractivity contribution in [1.29, 1.82) is 0 Å². The molecule has 1 aliphatic heterocycles. The van der Waals surface area contributed by atoms with Gasteiger partial charge in [0, 0.05) is 6.42 Å². The molecule has 0 radical (unpaired) electrons. The molecule has 1 aliphatic rings. The van der Waals surface area contributed by atoms with Crippen LogP contribution in [0, 0.1) is 0 Å².